The molecular weight excluding hydrogens is 233 g/mol. The van der Waals surface area contributed by atoms with E-state index in [0.29, 0.717) is 0 Å². The third kappa shape index (κ3) is 2.78. The summed E-state index contributed by atoms with van der Waals surface area (Å²) in [6, 6.07) is 1.30. The molecule has 0 radical (unpaired) electrons. The van der Waals surface area contributed by atoms with Gasteiger partial charge in [0.1, 0.15) is 4.88 Å². The maximum Gasteiger partial charge on any atom is 0.425 e. The van der Waals surface area contributed by atoms with Gasteiger partial charge in [-0.05, 0) is 23.0 Å². The van der Waals surface area contributed by atoms with Crippen molar-refractivity contribution in [1.82, 2.24) is 0 Å². The van der Waals surface area contributed by atoms with Crippen molar-refractivity contribution in [2.24, 2.45) is 0 Å². The first-order valence-corrected chi connectivity index (χ1v) is 6.06. The largest absolute Gasteiger partial charge is 0.425 e. The van der Waals surface area contributed by atoms with Crippen molar-refractivity contribution in [3.8, 4) is 0 Å². The topological polar surface area (TPSA) is 0 Å². The molecule has 0 saturated heterocycles. The molecule has 0 fully saturated rings. The first kappa shape index (κ1) is 13.6. The average Bonchev–Trinajstić information content (AvgIpc) is 2.44. The zero-order chi connectivity index (χ0) is 12.7. The summed E-state index contributed by atoms with van der Waals surface area (Å²) < 4.78 is 37.9. The van der Waals surface area contributed by atoms with Crippen molar-refractivity contribution < 1.29 is 13.2 Å². The first-order chi connectivity index (χ1) is 7.03. The quantitative estimate of drug-likeness (QED) is 0.643. The highest BCUT2D eigenvalue weighted by atomic mass is 32.1. The molecule has 0 spiro atoms. The van der Waals surface area contributed by atoms with Crippen LogP contribution in [-0.2, 0) is 11.6 Å². The second-order valence-corrected chi connectivity index (χ2v) is 6.35. The molecule has 0 saturated carbocycles. The number of halogens is 3. The van der Waals surface area contributed by atoms with Gasteiger partial charge in [-0.25, -0.2) is 0 Å². The third-order valence-electron chi connectivity index (χ3n) is 2.34. The Labute approximate surface area is 98.5 Å². The molecule has 0 aliphatic heterocycles. The Bertz CT molecular complexity index is 367. The summed E-state index contributed by atoms with van der Waals surface area (Å²) in [6.07, 6.45) is -4.22. The molecule has 0 aliphatic rings. The zero-order valence-electron chi connectivity index (χ0n) is 10.2. The van der Waals surface area contributed by atoms with Crippen molar-refractivity contribution in [1.29, 1.82) is 0 Å². The van der Waals surface area contributed by atoms with Gasteiger partial charge < -0.3 is 0 Å². The molecule has 4 heteroatoms. The second kappa shape index (κ2) is 4.06. The van der Waals surface area contributed by atoms with E-state index in [4.69, 9.17) is 0 Å². The monoisotopic (exact) mass is 250 g/mol. The van der Waals surface area contributed by atoms with Gasteiger partial charge in [0.2, 0.25) is 0 Å². The molecule has 0 aromatic carbocycles. The van der Waals surface area contributed by atoms with Gasteiger partial charge in [-0.2, -0.15) is 13.2 Å². The molecule has 0 nitrogen and oxygen atoms in total. The van der Waals surface area contributed by atoms with E-state index in [1.165, 1.54) is 6.07 Å². The van der Waals surface area contributed by atoms with Gasteiger partial charge in [0.25, 0.3) is 0 Å². The maximum absolute atomic E-state index is 12.6. The fourth-order valence-corrected chi connectivity index (χ4v) is 2.80. The lowest BCUT2D eigenvalue weighted by Crippen LogP contribution is -2.11. The summed E-state index contributed by atoms with van der Waals surface area (Å²) in [5, 5.41) is 0. The molecule has 1 heterocycles. The highest BCUT2D eigenvalue weighted by Crippen LogP contribution is 2.43. The Morgan fingerprint density at radius 2 is 1.62 bits per heavy atom. The lowest BCUT2D eigenvalue weighted by atomic mass is 9.88. The molecule has 0 atom stereocenters. The smallest absolute Gasteiger partial charge is 0.165 e. The summed E-state index contributed by atoms with van der Waals surface area (Å²) in [4.78, 5) is 0.357. The Morgan fingerprint density at radius 1 is 1.12 bits per heavy atom. The number of alkyl halides is 3. The highest BCUT2D eigenvalue weighted by molar-refractivity contribution is 7.12. The van der Waals surface area contributed by atoms with Gasteiger partial charge in [0.05, 0.1) is 0 Å². The van der Waals surface area contributed by atoms with Crippen LogP contribution >= 0.6 is 11.3 Å². The van der Waals surface area contributed by atoms with Crippen LogP contribution < -0.4 is 0 Å². The average molecular weight is 250 g/mol. The number of hydrogen-bond donors (Lipinski definition) is 0. The van der Waals surface area contributed by atoms with Crippen molar-refractivity contribution in [3.05, 3.63) is 21.4 Å². The molecule has 1 aromatic rings. The molecule has 0 bridgehead atoms. The highest BCUT2D eigenvalue weighted by Gasteiger charge is 2.36. The maximum atomic E-state index is 12.6. The molecule has 0 unspecified atom stereocenters. The van der Waals surface area contributed by atoms with E-state index in [1.807, 2.05) is 34.6 Å². The van der Waals surface area contributed by atoms with E-state index in [0.717, 1.165) is 21.8 Å². The van der Waals surface area contributed by atoms with Gasteiger partial charge in [-0.3, -0.25) is 0 Å². The van der Waals surface area contributed by atoms with Crippen molar-refractivity contribution >= 4 is 11.3 Å². The molecule has 92 valence electrons. The third-order valence-corrected chi connectivity index (χ3v) is 3.96. The van der Waals surface area contributed by atoms with Crippen LogP contribution in [0, 0.1) is 0 Å². The number of thiophene rings is 1. The first-order valence-electron chi connectivity index (χ1n) is 5.25. The number of rotatable bonds is 1. The Kier molecular flexibility index (Phi) is 3.44. The Hall–Kier alpha value is -0.510. The Morgan fingerprint density at radius 3 is 1.88 bits per heavy atom. The van der Waals surface area contributed by atoms with Gasteiger partial charge >= 0.3 is 6.18 Å². The molecule has 0 amide bonds. The standard InChI is InChI=1S/C12H17F3S/c1-7(2)8-6-9(12(13,14)15)16-10(8)11(3,4)5/h6-7H,1-5H3. The summed E-state index contributed by atoms with van der Waals surface area (Å²) >= 11 is 0.877. The minimum atomic E-state index is -4.22. The van der Waals surface area contributed by atoms with Crippen LogP contribution in [0.4, 0.5) is 13.2 Å². The van der Waals surface area contributed by atoms with E-state index in [2.05, 4.69) is 0 Å². The van der Waals surface area contributed by atoms with Crippen LogP contribution in [0.3, 0.4) is 0 Å². The minimum absolute atomic E-state index is 0.126. The van der Waals surface area contributed by atoms with E-state index in [-0.39, 0.29) is 11.3 Å². The molecule has 0 N–H and O–H groups in total. The second-order valence-electron chi connectivity index (χ2n) is 5.30. The van der Waals surface area contributed by atoms with Crippen LogP contribution in [0.1, 0.15) is 55.9 Å². The van der Waals surface area contributed by atoms with Crippen LogP contribution in [0.5, 0.6) is 0 Å². The van der Waals surface area contributed by atoms with Gasteiger partial charge in [-0.1, -0.05) is 34.6 Å². The summed E-state index contributed by atoms with van der Waals surface area (Å²) in [7, 11) is 0. The predicted octanol–water partition coefficient (Wildman–Crippen LogP) is 5.19. The van der Waals surface area contributed by atoms with Crippen LogP contribution in [0.25, 0.3) is 0 Å². The van der Waals surface area contributed by atoms with Gasteiger partial charge in [0.15, 0.2) is 0 Å². The summed E-state index contributed by atoms with van der Waals surface area (Å²) in [6.45, 7) is 9.70. The van der Waals surface area contributed by atoms with Crippen LogP contribution in [0.15, 0.2) is 6.07 Å². The Balaban J connectivity index is 3.32. The zero-order valence-corrected chi connectivity index (χ0v) is 11.0. The lowest BCUT2D eigenvalue weighted by molar-refractivity contribution is -0.134. The van der Waals surface area contributed by atoms with Gasteiger partial charge in [-0.15, -0.1) is 11.3 Å². The van der Waals surface area contributed by atoms with Crippen LogP contribution in [-0.4, -0.2) is 0 Å². The lowest BCUT2D eigenvalue weighted by Gasteiger charge is -2.20. The predicted molar refractivity (Wildman–Crippen MR) is 62.1 cm³/mol. The fraction of sp³-hybridized carbons (Fsp3) is 0.667. The van der Waals surface area contributed by atoms with E-state index >= 15 is 0 Å². The molecule has 16 heavy (non-hydrogen) atoms. The molecule has 1 aromatic heterocycles. The van der Waals surface area contributed by atoms with Crippen LogP contribution in [0.2, 0.25) is 0 Å². The minimum Gasteiger partial charge on any atom is -0.165 e. The summed E-state index contributed by atoms with van der Waals surface area (Å²) in [5.41, 5.74) is 0.596. The normalized spacial score (nSPS) is 13.6. The molecule has 0 aliphatic carbocycles. The van der Waals surface area contributed by atoms with Crippen molar-refractivity contribution in [3.63, 3.8) is 0 Å². The SMILES string of the molecule is CC(C)c1cc(C(F)(F)F)sc1C(C)(C)C. The van der Waals surface area contributed by atoms with Crippen molar-refractivity contribution in [2.75, 3.05) is 0 Å². The van der Waals surface area contributed by atoms with Gasteiger partial charge in [0, 0.05) is 4.88 Å². The van der Waals surface area contributed by atoms with E-state index in [1.54, 1.807) is 0 Å². The molecule has 1 rings (SSSR count). The van der Waals surface area contributed by atoms with E-state index < -0.39 is 11.1 Å². The van der Waals surface area contributed by atoms with E-state index in [9.17, 15) is 13.2 Å². The summed E-state index contributed by atoms with van der Waals surface area (Å²) in [5.74, 6) is 0.126. The van der Waals surface area contributed by atoms with Crippen molar-refractivity contribution in [2.45, 2.75) is 52.1 Å². The fourth-order valence-electron chi connectivity index (χ4n) is 1.56. The molecular formula is C12H17F3S. The number of hydrogen-bond acceptors (Lipinski definition) is 1.